The molecule has 1 aliphatic heterocycles. The van der Waals surface area contributed by atoms with Crippen LogP contribution in [0.2, 0.25) is 0 Å². The Labute approximate surface area is 162 Å². The van der Waals surface area contributed by atoms with Crippen LogP contribution in [0.1, 0.15) is 12.1 Å². The summed E-state index contributed by atoms with van der Waals surface area (Å²) < 4.78 is 25.0. The van der Waals surface area contributed by atoms with Crippen LogP contribution >= 0.6 is 7.75 Å². The number of aliphatic hydroxyl groups excluding tert-OH is 2. The lowest BCUT2D eigenvalue weighted by molar-refractivity contribution is -0.578. The number of nitrogens with two attached hydrogens (primary N) is 1. The van der Waals surface area contributed by atoms with Gasteiger partial charge in [0, 0.05) is 6.92 Å². The highest BCUT2D eigenvalue weighted by atomic mass is 31.2. The fourth-order valence-corrected chi connectivity index (χ4v) is 4.24. The van der Waals surface area contributed by atoms with Gasteiger partial charge in [0.15, 0.2) is 17.4 Å². The third-order valence-corrected chi connectivity index (χ3v) is 6.02. The van der Waals surface area contributed by atoms with Crippen molar-refractivity contribution >= 4 is 24.9 Å². The Balaban J connectivity index is 1.55. The van der Waals surface area contributed by atoms with E-state index in [1.165, 1.54) is 23.3 Å². The lowest BCUT2D eigenvalue weighted by atomic mass is 10.1. The van der Waals surface area contributed by atoms with Crippen LogP contribution in [-0.4, -0.2) is 59.6 Å². The number of aryl methyl sites for hydroxylation is 1. The fourth-order valence-electron chi connectivity index (χ4n) is 3.13. The molecule has 0 saturated carbocycles. The van der Waals surface area contributed by atoms with Crippen molar-refractivity contribution in [3.05, 3.63) is 34.9 Å². The maximum atomic E-state index is 12.3. The van der Waals surface area contributed by atoms with Gasteiger partial charge in [0.1, 0.15) is 30.7 Å². The molecule has 156 valence electrons. The van der Waals surface area contributed by atoms with E-state index in [1.54, 1.807) is 6.92 Å². The normalized spacial score (nSPS) is 26.8. The summed E-state index contributed by atoms with van der Waals surface area (Å²) in [7, 11) is -4.50. The van der Waals surface area contributed by atoms with Crippen LogP contribution in [0.25, 0.3) is 11.2 Å². The van der Waals surface area contributed by atoms with E-state index in [0.29, 0.717) is 5.82 Å². The minimum Gasteiger partial charge on any atom is -0.742 e. The van der Waals surface area contributed by atoms with Gasteiger partial charge in [-0.05, 0) is 0 Å². The molecule has 6 N–H and O–H groups in total. The average molecular weight is 427 g/mol. The van der Waals surface area contributed by atoms with Crippen LogP contribution in [0.4, 0.5) is 5.95 Å². The molecule has 15 heteroatoms. The Morgan fingerprint density at radius 3 is 2.93 bits per heavy atom. The molecule has 1 unspecified atom stereocenters. The van der Waals surface area contributed by atoms with Crippen molar-refractivity contribution < 1.29 is 33.3 Å². The molecule has 14 nitrogen and oxygen atoms in total. The van der Waals surface area contributed by atoms with Crippen LogP contribution in [0.3, 0.4) is 0 Å². The van der Waals surface area contributed by atoms with Crippen LogP contribution in [0, 0.1) is 6.92 Å². The Bertz CT molecular complexity index is 1160. The largest absolute Gasteiger partial charge is 0.742 e. The molecule has 4 heterocycles. The number of hydrogen-bond acceptors (Lipinski definition) is 10. The number of nitrogen functional groups attached to an aromatic ring is 1. The summed E-state index contributed by atoms with van der Waals surface area (Å²) in [6.07, 6.45) is -1.39. The topological polar surface area (TPSA) is 208 Å². The second kappa shape index (κ2) is 7.02. The van der Waals surface area contributed by atoms with Crippen molar-refractivity contribution in [2.45, 2.75) is 31.5 Å². The number of rotatable bonds is 5. The molecule has 0 radical (unpaired) electrons. The average Bonchev–Trinajstić information content (AvgIpc) is 3.33. The Hall–Kier alpha value is -2.61. The van der Waals surface area contributed by atoms with Crippen LogP contribution in [0.5, 0.6) is 0 Å². The molecule has 1 fully saturated rings. The number of aromatic nitrogens is 6. The third kappa shape index (κ3) is 3.35. The quantitative estimate of drug-likeness (QED) is 0.266. The fraction of sp³-hybridized carbons (Fsp3) is 0.429. The van der Waals surface area contributed by atoms with E-state index in [4.69, 9.17) is 15.0 Å². The van der Waals surface area contributed by atoms with Gasteiger partial charge in [0.05, 0.1) is 12.9 Å². The van der Waals surface area contributed by atoms with Gasteiger partial charge in [-0.15, -0.1) is 0 Å². The molecule has 0 aliphatic carbocycles. The summed E-state index contributed by atoms with van der Waals surface area (Å²) in [5.74, 6) is 0.163. The van der Waals surface area contributed by atoms with E-state index in [9.17, 15) is 24.5 Å². The predicted molar refractivity (Wildman–Crippen MR) is 93.2 cm³/mol. The van der Waals surface area contributed by atoms with Gasteiger partial charge in [-0.2, -0.15) is 9.32 Å². The first kappa shape index (κ1) is 19.7. The Morgan fingerprint density at radius 2 is 2.24 bits per heavy atom. The minimum absolute atomic E-state index is 0.0346. The van der Waals surface area contributed by atoms with Crippen molar-refractivity contribution in [3.8, 4) is 0 Å². The monoisotopic (exact) mass is 427 g/mol. The van der Waals surface area contributed by atoms with Gasteiger partial charge in [0.25, 0.3) is 11.4 Å². The first-order valence-electron chi connectivity index (χ1n) is 8.45. The molecule has 3 aromatic heterocycles. The summed E-state index contributed by atoms with van der Waals surface area (Å²) in [5, 5.41) is 20.7. The molecular formula is C14H18N7O7P. The number of fused-ring (bicyclic) bond motifs is 1. The number of imidazole rings is 2. The molecule has 5 atom stereocenters. The first-order valence-corrected chi connectivity index (χ1v) is 9.94. The number of nitrogens with zero attached hydrogens (tertiary/aromatic N) is 4. The molecule has 3 aromatic rings. The molecule has 0 amide bonds. The van der Waals surface area contributed by atoms with Gasteiger partial charge < -0.3 is 30.1 Å². The predicted octanol–water partition coefficient (Wildman–Crippen LogP) is -2.72. The first-order chi connectivity index (χ1) is 13.7. The summed E-state index contributed by atoms with van der Waals surface area (Å²) in [4.78, 5) is 37.1. The maximum Gasteiger partial charge on any atom is 0.323 e. The van der Waals surface area contributed by atoms with Gasteiger partial charge in [0.2, 0.25) is 5.95 Å². The van der Waals surface area contributed by atoms with E-state index in [0.717, 1.165) is 4.34 Å². The number of H-pyrrole nitrogens is 2. The lowest BCUT2D eigenvalue weighted by Gasteiger charge is -2.22. The number of anilines is 1. The standard InChI is InChI=1S/C14H18N7O7P/c1-6-16-2-3-21(6)29(25,26)27-4-7-9(22)10(23)13(28-7)20-5-17-8-11(20)18-14(15)19-12(8)24/h2-3,5,7,9-10,13,22-23H,4H2,1H3,(H4,15,18,19,24,25,26)/t7-,9-,10-,13-/m1/s1. The van der Waals surface area contributed by atoms with Gasteiger partial charge >= 0.3 is 7.75 Å². The van der Waals surface area contributed by atoms with Gasteiger partial charge in [-0.25, -0.2) is 9.97 Å². The van der Waals surface area contributed by atoms with E-state index in [2.05, 4.69) is 19.9 Å². The minimum atomic E-state index is -4.50. The molecule has 1 saturated heterocycles. The number of hydrogen-bond donors (Lipinski definition) is 5. The van der Waals surface area contributed by atoms with E-state index >= 15 is 0 Å². The zero-order valence-electron chi connectivity index (χ0n) is 15.0. The third-order valence-electron chi connectivity index (χ3n) is 4.58. The van der Waals surface area contributed by atoms with Crippen molar-refractivity contribution in [1.29, 1.82) is 0 Å². The van der Waals surface area contributed by atoms with Crippen molar-refractivity contribution in [3.63, 3.8) is 0 Å². The van der Waals surface area contributed by atoms with Crippen LogP contribution < -0.4 is 20.5 Å². The van der Waals surface area contributed by atoms with E-state index in [1.807, 2.05) is 0 Å². The van der Waals surface area contributed by atoms with Crippen molar-refractivity contribution in [1.82, 2.24) is 24.5 Å². The molecule has 29 heavy (non-hydrogen) atoms. The number of nitrogens with one attached hydrogen (secondary N) is 2. The van der Waals surface area contributed by atoms with Crippen molar-refractivity contribution in [2.24, 2.45) is 0 Å². The summed E-state index contributed by atoms with van der Waals surface area (Å²) in [5.41, 5.74) is 4.97. The Morgan fingerprint density at radius 1 is 1.48 bits per heavy atom. The van der Waals surface area contributed by atoms with Gasteiger partial charge in [-0.3, -0.25) is 18.9 Å². The Kier molecular flexibility index (Phi) is 4.77. The van der Waals surface area contributed by atoms with Crippen molar-refractivity contribution in [2.75, 3.05) is 12.3 Å². The highest BCUT2D eigenvalue weighted by molar-refractivity contribution is 7.43. The van der Waals surface area contributed by atoms with E-state index in [-0.39, 0.29) is 17.1 Å². The SMILES string of the molecule is Cc1[nH]cc[n+]1P(=O)([O-])OC[C@H]1O[C@@H](n2cnc3c(=O)[nH]c(N)nc32)[C@H](O)[C@@H]1O. The lowest BCUT2D eigenvalue weighted by Crippen LogP contribution is -2.41. The molecular weight excluding hydrogens is 409 g/mol. The number of aromatic amines is 2. The highest BCUT2D eigenvalue weighted by Crippen LogP contribution is 2.36. The molecule has 0 bridgehead atoms. The molecule has 0 spiro atoms. The zero-order chi connectivity index (χ0) is 20.9. The highest BCUT2D eigenvalue weighted by Gasteiger charge is 2.45. The maximum absolute atomic E-state index is 12.3. The summed E-state index contributed by atoms with van der Waals surface area (Å²) in [6.45, 7) is 0.995. The second-order valence-corrected chi connectivity index (χ2v) is 8.10. The van der Waals surface area contributed by atoms with Crippen LogP contribution in [0.15, 0.2) is 23.5 Å². The van der Waals surface area contributed by atoms with Crippen LogP contribution in [-0.2, 0) is 13.8 Å². The second-order valence-electron chi connectivity index (χ2n) is 6.48. The smallest absolute Gasteiger partial charge is 0.323 e. The summed E-state index contributed by atoms with van der Waals surface area (Å²) in [6, 6.07) is 0. The number of aliphatic hydroxyl groups is 2. The summed E-state index contributed by atoms with van der Waals surface area (Å²) >= 11 is 0. The molecule has 1 aliphatic rings. The molecule has 0 aromatic carbocycles. The number of ether oxygens (including phenoxy) is 1. The molecule has 4 rings (SSSR count). The van der Waals surface area contributed by atoms with Gasteiger partial charge in [-0.1, -0.05) is 0 Å². The zero-order valence-corrected chi connectivity index (χ0v) is 15.9. The van der Waals surface area contributed by atoms with E-state index < -0.39 is 44.5 Å².